The van der Waals surface area contributed by atoms with Crippen LogP contribution in [0.4, 0.5) is 4.79 Å². The quantitative estimate of drug-likeness (QED) is 0.853. The first-order valence-corrected chi connectivity index (χ1v) is 8.04. The highest BCUT2D eigenvalue weighted by Crippen LogP contribution is 2.37. The maximum Gasteiger partial charge on any atom is 0.325 e. The number of rotatable bonds is 2. The van der Waals surface area contributed by atoms with Crippen LogP contribution in [0, 0.1) is 6.92 Å². The first-order chi connectivity index (χ1) is 9.62. The van der Waals surface area contributed by atoms with Crippen LogP contribution in [0.15, 0.2) is 5.38 Å². The van der Waals surface area contributed by atoms with E-state index in [-0.39, 0.29) is 11.9 Å². The molecule has 20 heavy (non-hydrogen) atoms. The zero-order chi connectivity index (χ0) is 14.2. The molecule has 1 N–H and O–H groups in total. The SMILES string of the molecule is Cc1nc(CN2C(=O)NC(=O)C23CCCCCC3)cs1. The van der Waals surface area contributed by atoms with Crippen molar-refractivity contribution in [2.75, 3.05) is 0 Å². The van der Waals surface area contributed by atoms with Gasteiger partial charge in [-0.15, -0.1) is 11.3 Å². The van der Waals surface area contributed by atoms with Crippen molar-refractivity contribution in [3.63, 3.8) is 0 Å². The third-order valence-electron chi connectivity index (χ3n) is 4.32. The number of carbonyl (C=O) groups is 2. The van der Waals surface area contributed by atoms with Gasteiger partial charge in [-0.05, 0) is 19.8 Å². The van der Waals surface area contributed by atoms with Gasteiger partial charge in [0.05, 0.1) is 17.2 Å². The van der Waals surface area contributed by atoms with Crippen LogP contribution in [0.1, 0.15) is 49.2 Å². The number of thiazole rings is 1. The average molecular weight is 293 g/mol. The second-order valence-electron chi connectivity index (χ2n) is 5.65. The summed E-state index contributed by atoms with van der Waals surface area (Å²) in [5.41, 5.74) is 0.242. The molecule has 6 heteroatoms. The van der Waals surface area contributed by atoms with E-state index in [4.69, 9.17) is 0 Å². The molecule has 2 fully saturated rings. The number of amides is 3. The maximum absolute atomic E-state index is 12.3. The molecular formula is C14H19N3O2S. The van der Waals surface area contributed by atoms with E-state index in [1.807, 2.05) is 12.3 Å². The molecule has 0 radical (unpaired) electrons. The number of carbonyl (C=O) groups excluding carboxylic acids is 2. The van der Waals surface area contributed by atoms with Crippen molar-refractivity contribution in [2.24, 2.45) is 0 Å². The molecule has 1 spiro atoms. The molecule has 2 aliphatic rings. The molecule has 1 aromatic rings. The van der Waals surface area contributed by atoms with Gasteiger partial charge in [0.25, 0.3) is 5.91 Å². The molecule has 3 amide bonds. The minimum absolute atomic E-state index is 0.114. The van der Waals surface area contributed by atoms with Crippen molar-refractivity contribution in [2.45, 2.75) is 57.5 Å². The monoisotopic (exact) mass is 293 g/mol. The van der Waals surface area contributed by atoms with E-state index >= 15 is 0 Å². The van der Waals surface area contributed by atoms with Gasteiger partial charge in [-0.2, -0.15) is 0 Å². The normalized spacial score (nSPS) is 22.1. The standard InChI is InChI=1S/C14H19N3O2S/c1-10-15-11(9-20-10)8-17-13(19)16-12(18)14(17)6-4-2-3-5-7-14/h9H,2-8H2,1H3,(H,16,18,19). The number of nitrogens with zero attached hydrogens (tertiary/aromatic N) is 2. The van der Waals surface area contributed by atoms with Gasteiger partial charge in [0.2, 0.25) is 0 Å². The number of nitrogens with one attached hydrogen (secondary N) is 1. The van der Waals surface area contributed by atoms with Crippen molar-refractivity contribution >= 4 is 23.3 Å². The lowest BCUT2D eigenvalue weighted by atomic mass is 9.88. The summed E-state index contributed by atoms with van der Waals surface area (Å²) in [6.07, 6.45) is 5.85. The summed E-state index contributed by atoms with van der Waals surface area (Å²) in [5, 5.41) is 5.46. The number of hydrogen-bond donors (Lipinski definition) is 1. The average Bonchev–Trinajstić information content (AvgIpc) is 2.80. The van der Waals surface area contributed by atoms with E-state index in [0.29, 0.717) is 6.54 Å². The summed E-state index contributed by atoms with van der Waals surface area (Å²) in [4.78, 5) is 30.6. The molecule has 0 bridgehead atoms. The second kappa shape index (κ2) is 5.16. The van der Waals surface area contributed by atoms with Crippen molar-refractivity contribution in [1.29, 1.82) is 0 Å². The summed E-state index contributed by atoms with van der Waals surface area (Å²) in [5.74, 6) is -0.114. The zero-order valence-electron chi connectivity index (χ0n) is 11.6. The Morgan fingerprint density at radius 1 is 1.30 bits per heavy atom. The molecule has 1 aliphatic carbocycles. The van der Waals surface area contributed by atoms with Crippen LogP contribution < -0.4 is 5.32 Å². The van der Waals surface area contributed by atoms with Gasteiger partial charge < -0.3 is 4.90 Å². The van der Waals surface area contributed by atoms with Crippen LogP contribution in [-0.4, -0.2) is 27.4 Å². The molecule has 1 aliphatic heterocycles. The topological polar surface area (TPSA) is 62.3 Å². The number of hydrogen-bond acceptors (Lipinski definition) is 4. The smallest absolute Gasteiger partial charge is 0.304 e. The Hall–Kier alpha value is -1.43. The Morgan fingerprint density at radius 2 is 2.00 bits per heavy atom. The Morgan fingerprint density at radius 3 is 2.60 bits per heavy atom. The molecule has 0 atom stereocenters. The predicted molar refractivity (Wildman–Crippen MR) is 76.4 cm³/mol. The van der Waals surface area contributed by atoms with Gasteiger partial charge in [-0.1, -0.05) is 25.7 Å². The summed E-state index contributed by atoms with van der Waals surface area (Å²) in [6, 6.07) is -0.262. The summed E-state index contributed by atoms with van der Waals surface area (Å²) < 4.78 is 0. The predicted octanol–water partition coefficient (Wildman–Crippen LogP) is 2.60. The third kappa shape index (κ3) is 2.22. The molecule has 5 nitrogen and oxygen atoms in total. The Labute approximate surface area is 122 Å². The largest absolute Gasteiger partial charge is 0.325 e. The zero-order valence-corrected chi connectivity index (χ0v) is 12.5. The Balaban J connectivity index is 1.88. The fourth-order valence-corrected chi connectivity index (χ4v) is 3.88. The third-order valence-corrected chi connectivity index (χ3v) is 5.14. The minimum atomic E-state index is -0.634. The Bertz CT molecular complexity index is 532. The van der Waals surface area contributed by atoms with E-state index in [1.54, 1.807) is 16.2 Å². The van der Waals surface area contributed by atoms with E-state index in [0.717, 1.165) is 49.2 Å². The van der Waals surface area contributed by atoms with Crippen LogP contribution >= 0.6 is 11.3 Å². The molecule has 0 aromatic carbocycles. The highest BCUT2D eigenvalue weighted by Gasteiger charge is 2.52. The van der Waals surface area contributed by atoms with Crippen molar-refractivity contribution < 1.29 is 9.59 Å². The fourth-order valence-electron chi connectivity index (χ4n) is 3.27. The fraction of sp³-hybridized carbons (Fsp3) is 0.643. The lowest BCUT2D eigenvalue weighted by Gasteiger charge is -2.34. The number of aryl methyl sites for hydroxylation is 1. The lowest BCUT2D eigenvalue weighted by molar-refractivity contribution is -0.127. The van der Waals surface area contributed by atoms with Crippen LogP contribution in [-0.2, 0) is 11.3 Å². The molecular weight excluding hydrogens is 274 g/mol. The van der Waals surface area contributed by atoms with Crippen LogP contribution in [0.3, 0.4) is 0 Å². The number of urea groups is 1. The van der Waals surface area contributed by atoms with Crippen molar-refractivity contribution in [3.8, 4) is 0 Å². The number of imide groups is 1. The molecule has 108 valence electrons. The molecule has 1 aromatic heterocycles. The summed E-state index contributed by atoms with van der Waals surface area (Å²) in [6.45, 7) is 2.38. The lowest BCUT2D eigenvalue weighted by Crippen LogP contribution is -2.48. The highest BCUT2D eigenvalue weighted by atomic mass is 32.1. The van der Waals surface area contributed by atoms with Gasteiger partial charge >= 0.3 is 6.03 Å². The van der Waals surface area contributed by atoms with Crippen LogP contribution in [0.25, 0.3) is 0 Å². The van der Waals surface area contributed by atoms with Gasteiger partial charge in [0.1, 0.15) is 5.54 Å². The minimum Gasteiger partial charge on any atom is -0.304 e. The number of aromatic nitrogens is 1. The molecule has 0 unspecified atom stereocenters. The summed E-state index contributed by atoms with van der Waals surface area (Å²) >= 11 is 1.57. The Kier molecular flexibility index (Phi) is 3.50. The van der Waals surface area contributed by atoms with Crippen LogP contribution in [0.2, 0.25) is 0 Å². The van der Waals surface area contributed by atoms with E-state index < -0.39 is 5.54 Å². The van der Waals surface area contributed by atoms with Gasteiger partial charge in [-0.3, -0.25) is 10.1 Å². The highest BCUT2D eigenvalue weighted by molar-refractivity contribution is 7.09. The van der Waals surface area contributed by atoms with Gasteiger partial charge in [-0.25, -0.2) is 9.78 Å². The molecule has 1 saturated heterocycles. The van der Waals surface area contributed by atoms with E-state index in [9.17, 15) is 9.59 Å². The second-order valence-corrected chi connectivity index (χ2v) is 6.71. The van der Waals surface area contributed by atoms with E-state index in [2.05, 4.69) is 10.3 Å². The maximum atomic E-state index is 12.3. The van der Waals surface area contributed by atoms with Crippen molar-refractivity contribution in [3.05, 3.63) is 16.1 Å². The van der Waals surface area contributed by atoms with Gasteiger partial charge in [0, 0.05) is 5.38 Å². The van der Waals surface area contributed by atoms with Gasteiger partial charge in [0.15, 0.2) is 0 Å². The molecule has 1 saturated carbocycles. The van der Waals surface area contributed by atoms with Crippen LogP contribution in [0.5, 0.6) is 0 Å². The first kappa shape index (κ1) is 13.5. The van der Waals surface area contributed by atoms with Crippen molar-refractivity contribution in [1.82, 2.24) is 15.2 Å². The first-order valence-electron chi connectivity index (χ1n) is 7.16. The molecule has 3 rings (SSSR count). The van der Waals surface area contributed by atoms with E-state index in [1.165, 1.54) is 0 Å². The molecule has 2 heterocycles. The summed E-state index contributed by atoms with van der Waals surface area (Å²) in [7, 11) is 0.